The van der Waals surface area contributed by atoms with E-state index in [2.05, 4.69) is 10.3 Å². The monoisotopic (exact) mass is 460 g/mol. The summed E-state index contributed by atoms with van der Waals surface area (Å²) >= 11 is 0. The Morgan fingerprint density at radius 3 is 2.61 bits per heavy atom. The predicted molar refractivity (Wildman–Crippen MR) is 120 cm³/mol. The van der Waals surface area contributed by atoms with Crippen LogP contribution in [0.1, 0.15) is 45.1 Å². The molecular formula is C22H32N6O5. The van der Waals surface area contributed by atoms with Crippen molar-refractivity contribution in [1.29, 1.82) is 0 Å². The van der Waals surface area contributed by atoms with Gasteiger partial charge in [-0.15, -0.1) is 0 Å². The molecule has 5 heterocycles. The van der Waals surface area contributed by atoms with Crippen molar-refractivity contribution in [3.8, 4) is 0 Å². The van der Waals surface area contributed by atoms with Crippen LogP contribution in [0.2, 0.25) is 0 Å². The topological polar surface area (TPSA) is 124 Å². The molecule has 1 spiro atoms. The van der Waals surface area contributed by atoms with E-state index >= 15 is 0 Å². The Bertz CT molecular complexity index is 1200. The van der Waals surface area contributed by atoms with Gasteiger partial charge in [0.05, 0.1) is 36.2 Å². The van der Waals surface area contributed by atoms with Gasteiger partial charge in [0.2, 0.25) is 5.91 Å². The number of carbonyl (C=O) groups is 1. The molecular weight excluding hydrogens is 428 g/mol. The van der Waals surface area contributed by atoms with Gasteiger partial charge in [0.1, 0.15) is 0 Å². The number of aryl methyl sites for hydroxylation is 1. The molecule has 0 bridgehead atoms. The van der Waals surface area contributed by atoms with Gasteiger partial charge in [-0.2, -0.15) is 0 Å². The number of amides is 1. The third kappa shape index (κ3) is 3.53. The van der Waals surface area contributed by atoms with Crippen molar-refractivity contribution in [2.45, 2.75) is 62.3 Å². The molecule has 3 aliphatic heterocycles. The Labute approximate surface area is 190 Å². The van der Waals surface area contributed by atoms with Gasteiger partial charge in [0, 0.05) is 33.6 Å². The minimum atomic E-state index is -1.16. The van der Waals surface area contributed by atoms with Crippen molar-refractivity contribution in [3.63, 3.8) is 0 Å². The van der Waals surface area contributed by atoms with Gasteiger partial charge in [0.15, 0.2) is 11.2 Å². The number of hydrogen-bond donors (Lipinski definition) is 2. The minimum absolute atomic E-state index is 0.0769. The number of likely N-dealkylation sites (tertiary alicyclic amines) is 1. The zero-order chi connectivity index (χ0) is 23.5. The smallest absolute Gasteiger partial charge is 0.332 e. The first kappa shape index (κ1) is 22.3. The summed E-state index contributed by atoms with van der Waals surface area (Å²) in [5.41, 5.74) is -2.01. The number of nitrogens with zero attached hydrogens (tertiary/aromatic N) is 5. The first-order chi connectivity index (χ1) is 15.6. The maximum Gasteiger partial charge on any atom is 0.332 e. The molecule has 2 aromatic rings. The molecule has 0 saturated carbocycles. The Balaban J connectivity index is 1.36. The van der Waals surface area contributed by atoms with Crippen LogP contribution in [0.3, 0.4) is 0 Å². The molecule has 0 aromatic carbocycles. The van der Waals surface area contributed by atoms with Crippen LogP contribution in [0.4, 0.5) is 0 Å². The number of aliphatic hydroxyl groups is 1. The van der Waals surface area contributed by atoms with Gasteiger partial charge in [-0.3, -0.25) is 18.7 Å². The van der Waals surface area contributed by atoms with E-state index < -0.39 is 28.5 Å². The Hall–Kier alpha value is -2.50. The SMILES string of the molecule is Cn1c(=O)c2c(ncn2[C@@H]2COC3(CCN(C(=O)[C@H]4CCCN4)CC3)C[C@@]2(C)O)n(C)c1=O. The van der Waals surface area contributed by atoms with Crippen molar-refractivity contribution in [1.82, 2.24) is 28.9 Å². The fourth-order valence-electron chi connectivity index (χ4n) is 5.81. The molecule has 3 atom stereocenters. The highest BCUT2D eigenvalue weighted by Crippen LogP contribution is 2.44. The standard InChI is InChI=1S/C22H32N6O5/c1-21(32)12-22(6-9-27(10-7-22)18(29)14-5-4-8-23-14)33-11-15(21)28-13-24-17-16(28)19(30)26(3)20(31)25(17)2/h13-15,23,32H,4-12H2,1-3H3/t14-,15-,21-/m1/s1. The van der Waals surface area contributed by atoms with Gasteiger partial charge in [-0.25, -0.2) is 9.78 Å². The average molecular weight is 461 g/mol. The lowest BCUT2D eigenvalue weighted by molar-refractivity contribution is -0.197. The van der Waals surface area contributed by atoms with Gasteiger partial charge < -0.3 is 24.6 Å². The van der Waals surface area contributed by atoms with Crippen LogP contribution in [-0.2, 0) is 23.6 Å². The van der Waals surface area contributed by atoms with Crippen LogP contribution in [0.25, 0.3) is 11.2 Å². The third-order valence-corrected chi connectivity index (χ3v) is 7.80. The largest absolute Gasteiger partial charge is 0.388 e. The van der Waals surface area contributed by atoms with Crippen LogP contribution in [0.15, 0.2) is 15.9 Å². The number of aromatic nitrogens is 4. The molecule has 1 amide bonds. The number of nitrogens with one attached hydrogen (secondary N) is 1. The first-order valence-corrected chi connectivity index (χ1v) is 11.6. The molecule has 2 N–H and O–H groups in total. The second kappa shape index (κ2) is 7.78. The molecule has 0 radical (unpaired) electrons. The highest BCUT2D eigenvalue weighted by molar-refractivity contribution is 5.82. The number of piperidine rings is 1. The number of fused-ring (bicyclic) bond motifs is 1. The Morgan fingerprint density at radius 1 is 1.24 bits per heavy atom. The van der Waals surface area contributed by atoms with E-state index in [-0.39, 0.29) is 29.7 Å². The van der Waals surface area contributed by atoms with Crippen LogP contribution in [-0.4, -0.2) is 78.1 Å². The zero-order valence-corrected chi connectivity index (χ0v) is 19.4. The van der Waals surface area contributed by atoms with Crippen molar-refractivity contribution < 1.29 is 14.6 Å². The third-order valence-electron chi connectivity index (χ3n) is 7.80. The Kier molecular flexibility index (Phi) is 5.26. The normalized spacial score (nSPS) is 29.8. The van der Waals surface area contributed by atoms with Gasteiger partial charge in [-0.05, 0) is 39.2 Å². The lowest BCUT2D eigenvalue weighted by Crippen LogP contribution is -2.59. The summed E-state index contributed by atoms with van der Waals surface area (Å²) in [7, 11) is 3.00. The van der Waals surface area contributed by atoms with Gasteiger partial charge >= 0.3 is 5.69 Å². The summed E-state index contributed by atoms with van der Waals surface area (Å²) in [5, 5.41) is 14.8. The van der Waals surface area contributed by atoms with E-state index in [0.29, 0.717) is 32.4 Å². The summed E-state index contributed by atoms with van der Waals surface area (Å²) in [6, 6.07) is -0.604. The summed E-state index contributed by atoms with van der Waals surface area (Å²) in [5.74, 6) is 0.161. The van der Waals surface area contributed by atoms with E-state index in [4.69, 9.17) is 4.74 Å². The van der Waals surface area contributed by atoms with Crippen molar-refractivity contribution >= 4 is 17.1 Å². The molecule has 11 heteroatoms. The fourth-order valence-corrected chi connectivity index (χ4v) is 5.81. The molecule has 0 aliphatic carbocycles. The van der Waals surface area contributed by atoms with Crippen LogP contribution < -0.4 is 16.6 Å². The molecule has 2 aromatic heterocycles. The predicted octanol–water partition coefficient (Wildman–Crippen LogP) is -0.741. The average Bonchev–Trinajstić information content (AvgIpc) is 3.46. The zero-order valence-electron chi connectivity index (χ0n) is 19.4. The van der Waals surface area contributed by atoms with Crippen molar-refractivity contribution in [3.05, 3.63) is 27.2 Å². The Morgan fingerprint density at radius 2 is 1.97 bits per heavy atom. The van der Waals surface area contributed by atoms with Crippen LogP contribution in [0, 0.1) is 0 Å². The van der Waals surface area contributed by atoms with E-state index in [1.54, 1.807) is 18.5 Å². The number of imidazole rings is 1. The fraction of sp³-hybridized carbons (Fsp3) is 0.727. The van der Waals surface area contributed by atoms with Gasteiger partial charge in [0.25, 0.3) is 5.56 Å². The highest BCUT2D eigenvalue weighted by Gasteiger charge is 2.50. The van der Waals surface area contributed by atoms with E-state index in [1.807, 2.05) is 4.90 Å². The van der Waals surface area contributed by atoms with Crippen LogP contribution in [0.5, 0.6) is 0 Å². The summed E-state index contributed by atoms with van der Waals surface area (Å²) in [4.78, 5) is 44.1. The maximum absolute atomic E-state index is 12.9. The van der Waals surface area contributed by atoms with Crippen molar-refractivity contribution in [2.75, 3.05) is 26.2 Å². The number of ether oxygens (including phenoxy) is 1. The number of rotatable bonds is 2. The van der Waals surface area contributed by atoms with Gasteiger partial charge in [-0.1, -0.05) is 0 Å². The lowest BCUT2D eigenvalue weighted by atomic mass is 9.75. The van der Waals surface area contributed by atoms with E-state index in [0.717, 1.165) is 24.0 Å². The summed E-state index contributed by atoms with van der Waals surface area (Å²) in [6.45, 7) is 4.08. The minimum Gasteiger partial charge on any atom is -0.388 e. The maximum atomic E-state index is 12.9. The first-order valence-electron chi connectivity index (χ1n) is 11.6. The van der Waals surface area contributed by atoms with E-state index in [1.165, 1.54) is 17.9 Å². The molecule has 11 nitrogen and oxygen atoms in total. The molecule has 3 saturated heterocycles. The summed E-state index contributed by atoms with van der Waals surface area (Å²) < 4.78 is 10.4. The molecule has 0 unspecified atom stereocenters. The summed E-state index contributed by atoms with van der Waals surface area (Å²) in [6.07, 6.45) is 5.13. The lowest BCUT2D eigenvalue weighted by Gasteiger charge is -2.51. The molecule has 5 rings (SSSR count). The molecule has 180 valence electrons. The number of carbonyl (C=O) groups excluding carboxylic acids is 1. The molecule has 33 heavy (non-hydrogen) atoms. The van der Waals surface area contributed by atoms with Crippen molar-refractivity contribution in [2.24, 2.45) is 14.1 Å². The second-order valence-electron chi connectivity index (χ2n) is 10.0. The second-order valence-corrected chi connectivity index (χ2v) is 10.0. The van der Waals surface area contributed by atoms with Crippen LogP contribution >= 0.6 is 0 Å². The number of hydrogen-bond acceptors (Lipinski definition) is 7. The quantitative estimate of drug-likeness (QED) is 0.605. The van der Waals surface area contributed by atoms with E-state index in [9.17, 15) is 19.5 Å². The molecule has 3 aliphatic rings. The molecule has 3 fully saturated rings. The highest BCUT2D eigenvalue weighted by atomic mass is 16.5.